The van der Waals surface area contributed by atoms with Crippen LogP contribution in [0.4, 0.5) is 0 Å². The highest BCUT2D eigenvalue weighted by molar-refractivity contribution is 4.97. The molecule has 1 nitrogen and oxygen atoms in total. The molecule has 0 heterocycles. The number of hydrogen-bond acceptors (Lipinski definition) is 1. The molecule has 0 aromatic rings. The molecule has 74 valence electrons. The van der Waals surface area contributed by atoms with Gasteiger partial charge in [-0.1, -0.05) is 25.8 Å². The van der Waals surface area contributed by atoms with Gasteiger partial charge in [0, 0.05) is 12.8 Å². The Kier molecular flexibility index (Phi) is 10.3. The molecule has 0 aromatic heterocycles. The van der Waals surface area contributed by atoms with Crippen molar-refractivity contribution in [2.75, 3.05) is 0 Å². The van der Waals surface area contributed by atoms with Crippen LogP contribution in [0.25, 0.3) is 0 Å². The first-order valence-electron chi connectivity index (χ1n) is 5.16. The third kappa shape index (κ3) is 11.1. The average Bonchev–Trinajstić information content (AvgIpc) is 2.16. The van der Waals surface area contributed by atoms with E-state index in [1.807, 2.05) is 0 Å². The lowest BCUT2D eigenvalue weighted by atomic mass is 10.1. The third-order valence-electron chi connectivity index (χ3n) is 1.83. The molecule has 0 bridgehead atoms. The molecule has 0 saturated heterocycles. The van der Waals surface area contributed by atoms with Crippen molar-refractivity contribution < 1.29 is 5.11 Å². The first-order chi connectivity index (χ1) is 6.41. The van der Waals surface area contributed by atoms with E-state index in [9.17, 15) is 0 Å². The first kappa shape index (κ1) is 12.1. The Morgan fingerprint density at radius 2 is 1.85 bits per heavy atom. The lowest BCUT2D eigenvalue weighted by Crippen LogP contribution is -1.76. The van der Waals surface area contributed by atoms with Gasteiger partial charge in [-0.25, -0.2) is 0 Å². The fourth-order valence-electron chi connectivity index (χ4n) is 1.12. The van der Waals surface area contributed by atoms with Gasteiger partial charge in [-0.2, -0.15) is 0 Å². The van der Waals surface area contributed by atoms with Gasteiger partial charge in [-0.3, -0.25) is 0 Å². The highest BCUT2D eigenvalue weighted by Crippen LogP contribution is 2.04. The maximum atomic E-state index is 8.37. The minimum atomic E-state index is 0.974. The fraction of sp³-hybridized carbons (Fsp3) is 0.667. The van der Waals surface area contributed by atoms with Gasteiger partial charge in [-0.15, -0.1) is 11.8 Å². The lowest BCUT2D eigenvalue weighted by Gasteiger charge is -1.95. The van der Waals surface area contributed by atoms with Gasteiger partial charge >= 0.3 is 0 Å². The van der Waals surface area contributed by atoms with Gasteiger partial charge in [-0.05, 0) is 19.3 Å². The van der Waals surface area contributed by atoms with Crippen molar-refractivity contribution in [1.29, 1.82) is 0 Å². The van der Waals surface area contributed by atoms with E-state index in [0.29, 0.717) is 0 Å². The van der Waals surface area contributed by atoms with Crippen molar-refractivity contribution in [1.82, 2.24) is 0 Å². The zero-order valence-corrected chi connectivity index (χ0v) is 8.55. The minimum absolute atomic E-state index is 0.974. The fourth-order valence-corrected chi connectivity index (χ4v) is 1.12. The molecule has 0 atom stereocenters. The second kappa shape index (κ2) is 11.1. The summed E-state index contributed by atoms with van der Waals surface area (Å²) >= 11 is 0. The molecule has 0 aromatic carbocycles. The van der Waals surface area contributed by atoms with Gasteiger partial charge in [0.1, 0.15) is 0 Å². The van der Waals surface area contributed by atoms with Gasteiger partial charge in [0.2, 0.25) is 0 Å². The molecular weight excluding hydrogens is 160 g/mol. The molecule has 13 heavy (non-hydrogen) atoms. The predicted molar refractivity (Wildman–Crippen MR) is 57.5 cm³/mol. The molecule has 0 rings (SSSR count). The minimum Gasteiger partial charge on any atom is -0.516 e. The molecule has 0 radical (unpaired) electrons. The highest BCUT2D eigenvalue weighted by atomic mass is 16.2. The number of unbranched alkanes of at least 4 members (excludes halogenated alkanes) is 5. The molecule has 0 aliphatic rings. The van der Waals surface area contributed by atoms with E-state index in [1.165, 1.54) is 25.7 Å². The quantitative estimate of drug-likeness (QED) is 0.374. The van der Waals surface area contributed by atoms with Gasteiger partial charge < -0.3 is 5.11 Å². The Morgan fingerprint density at radius 1 is 1.08 bits per heavy atom. The maximum Gasteiger partial charge on any atom is 0.0751 e. The van der Waals surface area contributed by atoms with Gasteiger partial charge in [0.25, 0.3) is 0 Å². The molecule has 0 aliphatic carbocycles. The monoisotopic (exact) mass is 180 g/mol. The van der Waals surface area contributed by atoms with E-state index in [2.05, 4.69) is 18.8 Å². The van der Waals surface area contributed by atoms with Crippen molar-refractivity contribution in [3.8, 4) is 11.8 Å². The highest BCUT2D eigenvalue weighted by Gasteiger charge is 1.86. The second-order valence-corrected chi connectivity index (χ2v) is 3.04. The number of aliphatic hydroxyl groups excluding tert-OH is 1. The van der Waals surface area contributed by atoms with Crippen LogP contribution in [-0.4, -0.2) is 5.11 Å². The molecule has 1 N–H and O–H groups in total. The van der Waals surface area contributed by atoms with Crippen LogP contribution in [0, 0.1) is 11.8 Å². The summed E-state index contributed by atoms with van der Waals surface area (Å²) in [6.07, 6.45) is 10.9. The molecule has 0 spiro atoms. The zero-order chi connectivity index (χ0) is 9.78. The van der Waals surface area contributed by atoms with Gasteiger partial charge in [0.05, 0.1) is 6.26 Å². The summed E-state index contributed by atoms with van der Waals surface area (Å²) in [5.41, 5.74) is 0. The van der Waals surface area contributed by atoms with Crippen molar-refractivity contribution in [2.45, 2.75) is 51.9 Å². The Balaban J connectivity index is 2.99. The van der Waals surface area contributed by atoms with Crippen LogP contribution in [0.3, 0.4) is 0 Å². The predicted octanol–water partition coefficient (Wildman–Crippen LogP) is 3.81. The number of hydrogen-bond donors (Lipinski definition) is 1. The van der Waals surface area contributed by atoms with Crippen LogP contribution in [0.1, 0.15) is 51.9 Å². The number of allylic oxidation sites excluding steroid dienone is 1. The van der Waals surface area contributed by atoms with Crippen LogP contribution in [-0.2, 0) is 0 Å². The molecule has 0 unspecified atom stereocenters. The standard InChI is InChI=1S/C12H20O/c1-2-3-4-5-6-7-8-9-10-11-12-13/h11-13H,2,5-10H2,1H3/b12-11+. The molecule has 0 saturated carbocycles. The van der Waals surface area contributed by atoms with E-state index >= 15 is 0 Å². The summed E-state index contributed by atoms with van der Waals surface area (Å²) < 4.78 is 0. The van der Waals surface area contributed by atoms with E-state index in [-0.39, 0.29) is 0 Å². The normalized spacial score (nSPS) is 9.92. The third-order valence-corrected chi connectivity index (χ3v) is 1.83. The largest absolute Gasteiger partial charge is 0.516 e. The van der Waals surface area contributed by atoms with Crippen LogP contribution in [0.5, 0.6) is 0 Å². The first-order valence-corrected chi connectivity index (χ1v) is 5.16. The number of rotatable bonds is 6. The van der Waals surface area contributed by atoms with Crippen LogP contribution >= 0.6 is 0 Å². The molecule has 1 heteroatoms. The summed E-state index contributed by atoms with van der Waals surface area (Å²) in [5.74, 6) is 6.20. The molecule has 0 aliphatic heterocycles. The second-order valence-electron chi connectivity index (χ2n) is 3.04. The van der Waals surface area contributed by atoms with E-state index in [4.69, 9.17) is 5.11 Å². The van der Waals surface area contributed by atoms with Crippen molar-refractivity contribution >= 4 is 0 Å². The average molecular weight is 180 g/mol. The van der Waals surface area contributed by atoms with Crippen molar-refractivity contribution in [2.24, 2.45) is 0 Å². The summed E-state index contributed by atoms with van der Waals surface area (Å²) in [7, 11) is 0. The Labute approximate surface area is 81.9 Å². The Morgan fingerprint density at radius 3 is 2.54 bits per heavy atom. The topological polar surface area (TPSA) is 20.2 Å². The molecular formula is C12H20O. The van der Waals surface area contributed by atoms with E-state index < -0.39 is 0 Å². The summed E-state index contributed by atoms with van der Waals surface area (Å²) in [6.45, 7) is 2.08. The van der Waals surface area contributed by atoms with Crippen LogP contribution < -0.4 is 0 Å². The molecule has 0 fully saturated rings. The van der Waals surface area contributed by atoms with Crippen LogP contribution in [0.15, 0.2) is 12.3 Å². The molecule has 0 amide bonds. The lowest BCUT2D eigenvalue weighted by molar-refractivity contribution is 0.469. The van der Waals surface area contributed by atoms with E-state index in [1.54, 1.807) is 6.08 Å². The van der Waals surface area contributed by atoms with Gasteiger partial charge in [0.15, 0.2) is 0 Å². The Bertz CT molecular complexity index is 171. The van der Waals surface area contributed by atoms with Crippen molar-refractivity contribution in [3.63, 3.8) is 0 Å². The van der Waals surface area contributed by atoms with E-state index in [0.717, 1.165) is 25.5 Å². The summed E-state index contributed by atoms with van der Waals surface area (Å²) in [6, 6.07) is 0. The SMILES string of the molecule is CCC#CCCCCCC/C=C/O. The summed E-state index contributed by atoms with van der Waals surface area (Å²) in [4.78, 5) is 0. The maximum absolute atomic E-state index is 8.37. The summed E-state index contributed by atoms with van der Waals surface area (Å²) in [5, 5.41) is 8.37. The van der Waals surface area contributed by atoms with Crippen molar-refractivity contribution in [3.05, 3.63) is 12.3 Å². The smallest absolute Gasteiger partial charge is 0.0751 e. The van der Waals surface area contributed by atoms with Crippen LogP contribution in [0.2, 0.25) is 0 Å². The zero-order valence-electron chi connectivity index (χ0n) is 8.55. The number of aliphatic hydroxyl groups is 1. The Hall–Kier alpha value is -0.900.